The monoisotopic (exact) mass is 786 g/mol. The second-order valence-corrected chi connectivity index (χ2v) is 17.0. The van der Waals surface area contributed by atoms with Gasteiger partial charge in [0.15, 0.2) is 17.5 Å². The number of dihydropyridines is 1. The summed E-state index contributed by atoms with van der Waals surface area (Å²) in [5.41, 5.74) is 16.4. The number of rotatable bonds is 5. The Labute approximate surface area is 354 Å². The highest BCUT2D eigenvalue weighted by Gasteiger charge is 2.50. The highest BCUT2D eigenvalue weighted by Crippen LogP contribution is 2.62. The lowest BCUT2D eigenvalue weighted by molar-refractivity contribution is 0.723. The lowest BCUT2D eigenvalue weighted by atomic mass is 9.66. The molecule has 2 aliphatic carbocycles. The van der Waals surface area contributed by atoms with Crippen LogP contribution in [0.5, 0.6) is 0 Å². The maximum absolute atomic E-state index is 5.17. The fourth-order valence-electron chi connectivity index (χ4n) is 9.84. The molecular weight excluding hydrogens is 749 g/mol. The van der Waals surface area contributed by atoms with E-state index in [0.29, 0.717) is 23.4 Å². The zero-order valence-electron chi connectivity index (χ0n) is 32.7. The molecule has 2 aliphatic heterocycles. The third kappa shape index (κ3) is 5.50. The van der Waals surface area contributed by atoms with Gasteiger partial charge in [0.25, 0.3) is 0 Å². The van der Waals surface area contributed by atoms with Crippen molar-refractivity contribution in [3.63, 3.8) is 0 Å². The minimum Gasteiger partial charge on any atom is -0.381 e. The smallest absolute Gasteiger partial charge is 0.164 e. The molecule has 0 radical (unpaired) electrons. The van der Waals surface area contributed by atoms with Crippen molar-refractivity contribution in [3.05, 3.63) is 233 Å². The summed E-state index contributed by atoms with van der Waals surface area (Å²) in [6.45, 7) is 0.884. The van der Waals surface area contributed by atoms with Crippen LogP contribution in [-0.4, -0.2) is 21.5 Å². The molecule has 1 N–H and O–H groups in total. The first-order valence-corrected chi connectivity index (χ1v) is 21.5. The molecule has 0 fully saturated rings. The van der Waals surface area contributed by atoms with Gasteiger partial charge in [-0.15, -0.1) is 0 Å². The summed E-state index contributed by atoms with van der Waals surface area (Å²) >= 11 is 1.86. The van der Waals surface area contributed by atoms with Crippen molar-refractivity contribution in [1.29, 1.82) is 0 Å². The van der Waals surface area contributed by atoms with Gasteiger partial charge in [0, 0.05) is 44.6 Å². The lowest BCUT2D eigenvalue weighted by Gasteiger charge is -2.40. The van der Waals surface area contributed by atoms with Crippen molar-refractivity contribution in [2.24, 2.45) is 0 Å². The molecule has 3 heterocycles. The van der Waals surface area contributed by atoms with Gasteiger partial charge in [-0.3, -0.25) is 0 Å². The van der Waals surface area contributed by atoms with Gasteiger partial charge in [-0.25, -0.2) is 15.0 Å². The summed E-state index contributed by atoms with van der Waals surface area (Å²) in [4.78, 5) is 17.8. The molecular formula is C55H38N4S. The van der Waals surface area contributed by atoms with E-state index in [4.69, 9.17) is 15.0 Å². The topological polar surface area (TPSA) is 50.7 Å². The normalized spacial score (nSPS) is 16.4. The zero-order chi connectivity index (χ0) is 39.6. The first-order valence-electron chi connectivity index (χ1n) is 20.7. The van der Waals surface area contributed by atoms with E-state index in [1.807, 2.05) is 48.2 Å². The Hall–Kier alpha value is -7.08. The van der Waals surface area contributed by atoms with Gasteiger partial charge in [-0.1, -0.05) is 176 Å². The fraction of sp³-hybridized carbons (Fsp3) is 0.0727. The molecule has 1 spiro atoms. The number of hydrogen-bond acceptors (Lipinski definition) is 5. The molecule has 0 bridgehead atoms. The molecule has 7 aromatic carbocycles. The Balaban J connectivity index is 1.04. The maximum atomic E-state index is 5.17. The van der Waals surface area contributed by atoms with Crippen molar-refractivity contribution in [3.8, 4) is 56.4 Å². The number of allylic oxidation sites excluding steroid dienone is 4. The Morgan fingerprint density at radius 3 is 1.63 bits per heavy atom. The number of fused-ring (bicyclic) bond motifs is 9. The van der Waals surface area contributed by atoms with E-state index in [1.165, 1.54) is 71.1 Å². The van der Waals surface area contributed by atoms with E-state index >= 15 is 0 Å². The Morgan fingerprint density at radius 2 is 1.00 bits per heavy atom. The first-order chi connectivity index (χ1) is 29.7. The van der Waals surface area contributed by atoms with E-state index in [1.54, 1.807) is 0 Å². The van der Waals surface area contributed by atoms with Gasteiger partial charge in [0.05, 0.1) is 5.41 Å². The van der Waals surface area contributed by atoms with E-state index in [0.717, 1.165) is 29.7 Å². The number of nitrogens with one attached hydrogen (secondary N) is 1. The van der Waals surface area contributed by atoms with Crippen LogP contribution in [0.3, 0.4) is 0 Å². The SMILES string of the molecule is C1=CC2=C(C=CCC2c2ccc(-c3ccc4c(c3)C3(c5cc(-c6nc(-c7ccccc7)nc(-c7ccccc7)n6)ccc5S4)c4ccccc4-c4ccccc43)cc2)NC1. The van der Waals surface area contributed by atoms with Crippen LogP contribution in [0.4, 0.5) is 0 Å². The fourth-order valence-corrected chi connectivity index (χ4v) is 11.0. The van der Waals surface area contributed by atoms with Crippen LogP contribution in [0, 0.1) is 0 Å². The van der Waals surface area contributed by atoms with Gasteiger partial charge >= 0.3 is 0 Å². The number of hydrogen-bond donors (Lipinski definition) is 1. The molecule has 1 unspecified atom stereocenters. The maximum Gasteiger partial charge on any atom is 0.164 e. The van der Waals surface area contributed by atoms with E-state index in [2.05, 4.69) is 163 Å². The minimum absolute atomic E-state index is 0.348. The minimum atomic E-state index is -0.565. The quantitative estimate of drug-likeness (QED) is 0.188. The van der Waals surface area contributed by atoms with E-state index in [-0.39, 0.29) is 0 Å². The molecule has 0 amide bonds. The Morgan fingerprint density at radius 1 is 0.467 bits per heavy atom. The molecule has 0 saturated carbocycles. The predicted octanol–water partition coefficient (Wildman–Crippen LogP) is 12.8. The standard InChI is InChI=1S/C55H38N4S/c1-3-13-37(14-4-1)52-57-53(38-15-5-2-6-16-38)59-54(58-52)40-29-31-51-48(34-40)55(45-21-9-7-17-42(45)43-18-8-10-22-46(43)55)47-33-39(28-30-50(47)60-51)35-24-26-36(27-25-35)41-19-11-23-49-44(41)20-12-32-56-49/h1-18,20-31,33-34,41,56H,19,32H2. The molecule has 12 rings (SSSR count). The van der Waals surface area contributed by atoms with Crippen LogP contribution >= 0.6 is 11.8 Å². The molecule has 5 heteroatoms. The van der Waals surface area contributed by atoms with Gasteiger partial charge < -0.3 is 5.32 Å². The number of nitrogens with zero attached hydrogens (tertiary/aromatic N) is 3. The second kappa shape index (κ2) is 14.0. The molecule has 284 valence electrons. The number of aromatic nitrogens is 3. The van der Waals surface area contributed by atoms with Gasteiger partial charge in [-0.2, -0.15) is 0 Å². The van der Waals surface area contributed by atoms with Gasteiger partial charge in [0.1, 0.15) is 0 Å². The molecule has 60 heavy (non-hydrogen) atoms. The average Bonchev–Trinajstić information content (AvgIpc) is 3.62. The van der Waals surface area contributed by atoms with Gasteiger partial charge in [0.2, 0.25) is 0 Å². The van der Waals surface area contributed by atoms with Crippen molar-refractivity contribution in [2.45, 2.75) is 27.5 Å². The molecule has 4 nitrogen and oxygen atoms in total. The second-order valence-electron chi connectivity index (χ2n) is 15.9. The van der Waals surface area contributed by atoms with E-state index in [9.17, 15) is 0 Å². The Kier molecular flexibility index (Phi) is 8.17. The summed E-state index contributed by atoms with van der Waals surface area (Å²) in [5, 5.41) is 3.56. The highest BCUT2D eigenvalue weighted by atomic mass is 32.2. The predicted molar refractivity (Wildman–Crippen MR) is 244 cm³/mol. The largest absolute Gasteiger partial charge is 0.381 e. The van der Waals surface area contributed by atoms with Crippen LogP contribution in [0.1, 0.15) is 40.2 Å². The van der Waals surface area contributed by atoms with Crippen molar-refractivity contribution >= 4 is 11.8 Å². The highest BCUT2D eigenvalue weighted by molar-refractivity contribution is 7.99. The van der Waals surface area contributed by atoms with Crippen LogP contribution in [0.15, 0.2) is 215 Å². The zero-order valence-corrected chi connectivity index (χ0v) is 33.5. The summed E-state index contributed by atoms with van der Waals surface area (Å²) in [5.74, 6) is 2.31. The average molecular weight is 787 g/mol. The third-order valence-corrected chi connectivity index (χ3v) is 13.7. The van der Waals surface area contributed by atoms with Crippen molar-refractivity contribution in [1.82, 2.24) is 20.3 Å². The summed E-state index contributed by atoms with van der Waals surface area (Å²) in [6.07, 6.45) is 10.1. The van der Waals surface area contributed by atoms with Crippen LogP contribution in [0.25, 0.3) is 56.4 Å². The summed E-state index contributed by atoms with van der Waals surface area (Å²) < 4.78 is 0. The summed E-state index contributed by atoms with van der Waals surface area (Å²) in [6, 6.07) is 61.7. The molecule has 1 aromatic heterocycles. The molecule has 0 saturated heterocycles. The molecule has 4 aliphatic rings. The first kappa shape index (κ1) is 34.9. The van der Waals surface area contributed by atoms with Gasteiger partial charge in [-0.05, 0) is 92.4 Å². The van der Waals surface area contributed by atoms with Crippen LogP contribution in [0.2, 0.25) is 0 Å². The van der Waals surface area contributed by atoms with Crippen molar-refractivity contribution < 1.29 is 0 Å². The van der Waals surface area contributed by atoms with Crippen LogP contribution in [-0.2, 0) is 5.41 Å². The van der Waals surface area contributed by atoms with Crippen molar-refractivity contribution in [2.75, 3.05) is 6.54 Å². The molecule has 1 atom stereocenters. The Bertz CT molecular complexity index is 2990. The number of benzene rings is 7. The van der Waals surface area contributed by atoms with E-state index < -0.39 is 5.41 Å². The molecule has 8 aromatic rings. The summed E-state index contributed by atoms with van der Waals surface area (Å²) in [7, 11) is 0. The third-order valence-electron chi connectivity index (χ3n) is 12.6. The lowest BCUT2D eigenvalue weighted by Crippen LogP contribution is -2.32. The van der Waals surface area contributed by atoms with Crippen LogP contribution < -0.4 is 5.32 Å².